The molecular formula is C23H21FN4O4S3. The van der Waals surface area contributed by atoms with E-state index in [4.69, 9.17) is 0 Å². The number of halogens is 1. The molecular weight excluding hydrogens is 511 g/mol. The molecule has 2 amide bonds. The van der Waals surface area contributed by atoms with Crippen molar-refractivity contribution in [1.82, 2.24) is 20.6 Å². The van der Waals surface area contributed by atoms with E-state index in [-0.39, 0.29) is 29.0 Å². The topological polar surface area (TPSA) is 118 Å². The number of fused-ring (bicyclic) bond motifs is 2. The van der Waals surface area contributed by atoms with Crippen LogP contribution in [0, 0.1) is 12.7 Å². The average Bonchev–Trinajstić information content (AvgIpc) is 3.36. The molecule has 2 aromatic carbocycles. The Bertz CT molecular complexity index is 1590. The lowest BCUT2D eigenvalue weighted by Crippen LogP contribution is -2.41. The molecule has 4 aromatic rings. The normalized spacial score (nSPS) is 14.8. The second kappa shape index (κ2) is 8.92. The van der Waals surface area contributed by atoms with Crippen LogP contribution in [-0.4, -0.2) is 49.0 Å². The number of aryl methyl sites for hydroxylation is 1. The fourth-order valence-corrected chi connectivity index (χ4v) is 7.10. The fraction of sp³-hybridized carbons (Fsp3) is 0.304. The second-order valence-electron chi connectivity index (χ2n) is 8.54. The van der Waals surface area contributed by atoms with Crippen LogP contribution in [0.15, 0.2) is 30.3 Å². The first kappa shape index (κ1) is 23.8. The van der Waals surface area contributed by atoms with E-state index in [1.54, 1.807) is 17.4 Å². The minimum absolute atomic E-state index is 0.0183. The van der Waals surface area contributed by atoms with Gasteiger partial charge in [0.25, 0.3) is 0 Å². The van der Waals surface area contributed by atoms with Crippen LogP contribution < -0.4 is 10.6 Å². The minimum Gasteiger partial charge on any atom is -0.352 e. The van der Waals surface area contributed by atoms with Crippen molar-refractivity contribution in [3.8, 4) is 11.1 Å². The van der Waals surface area contributed by atoms with Gasteiger partial charge in [0.1, 0.15) is 10.8 Å². The van der Waals surface area contributed by atoms with Crippen molar-refractivity contribution in [3.63, 3.8) is 0 Å². The second-order valence-corrected chi connectivity index (χ2v) is 13.0. The number of sulfone groups is 1. The average molecular weight is 533 g/mol. The van der Waals surface area contributed by atoms with E-state index in [2.05, 4.69) is 20.6 Å². The Morgan fingerprint density at radius 3 is 2.57 bits per heavy atom. The van der Waals surface area contributed by atoms with Gasteiger partial charge in [0.2, 0.25) is 11.8 Å². The van der Waals surface area contributed by atoms with Crippen molar-refractivity contribution in [1.29, 1.82) is 0 Å². The molecule has 8 nitrogen and oxygen atoms in total. The Morgan fingerprint density at radius 1 is 1.11 bits per heavy atom. The van der Waals surface area contributed by atoms with Gasteiger partial charge in [-0.15, -0.1) is 22.7 Å². The van der Waals surface area contributed by atoms with Gasteiger partial charge >= 0.3 is 0 Å². The molecule has 0 saturated heterocycles. The molecule has 182 valence electrons. The van der Waals surface area contributed by atoms with Crippen LogP contribution in [0.1, 0.15) is 28.1 Å². The van der Waals surface area contributed by atoms with Gasteiger partial charge in [-0.1, -0.05) is 6.07 Å². The van der Waals surface area contributed by atoms with Gasteiger partial charge in [-0.3, -0.25) is 9.59 Å². The van der Waals surface area contributed by atoms with Crippen LogP contribution in [0.4, 0.5) is 4.39 Å². The molecule has 1 saturated carbocycles. The van der Waals surface area contributed by atoms with E-state index in [1.165, 1.54) is 6.07 Å². The van der Waals surface area contributed by atoms with E-state index in [1.807, 2.05) is 25.1 Å². The largest absolute Gasteiger partial charge is 0.352 e. The number of nitrogens with one attached hydrogen (secondary N) is 2. The first-order valence-electron chi connectivity index (χ1n) is 10.8. The Balaban J connectivity index is 1.46. The third kappa shape index (κ3) is 5.04. The monoisotopic (exact) mass is 532 g/mol. The smallest absolute Gasteiger partial charge is 0.245 e. The lowest BCUT2D eigenvalue weighted by molar-refractivity contribution is -0.126. The molecule has 0 spiro atoms. The van der Waals surface area contributed by atoms with Crippen molar-refractivity contribution in [2.24, 2.45) is 0 Å². The van der Waals surface area contributed by atoms with Crippen LogP contribution in [0.5, 0.6) is 0 Å². The van der Waals surface area contributed by atoms with Crippen molar-refractivity contribution in [2.75, 3.05) is 12.8 Å². The molecule has 1 aliphatic carbocycles. The molecule has 1 atom stereocenters. The van der Waals surface area contributed by atoms with Gasteiger partial charge in [-0.25, -0.2) is 22.8 Å². The maximum atomic E-state index is 15.0. The quantitative estimate of drug-likeness (QED) is 0.376. The molecule has 12 heteroatoms. The first-order valence-corrected chi connectivity index (χ1v) is 14.4. The molecule has 1 fully saturated rings. The highest BCUT2D eigenvalue weighted by molar-refractivity contribution is 7.91. The summed E-state index contributed by atoms with van der Waals surface area (Å²) in [6.45, 7) is 1.58. The van der Waals surface area contributed by atoms with Crippen molar-refractivity contribution >= 4 is 64.8 Å². The summed E-state index contributed by atoms with van der Waals surface area (Å²) in [7, 11) is -3.91. The van der Waals surface area contributed by atoms with Gasteiger partial charge in [-0.05, 0) is 43.5 Å². The van der Waals surface area contributed by atoms with Crippen LogP contribution in [0.2, 0.25) is 0 Å². The highest BCUT2D eigenvalue weighted by atomic mass is 32.2. The van der Waals surface area contributed by atoms with E-state index in [0.717, 1.165) is 45.7 Å². The highest BCUT2D eigenvalue weighted by Gasteiger charge is 2.34. The molecule has 0 bridgehead atoms. The third-order valence-electron chi connectivity index (χ3n) is 5.56. The number of carbonyl (C=O) groups excluding carboxylic acids is 2. The lowest BCUT2D eigenvalue weighted by Gasteiger charge is -2.12. The summed E-state index contributed by atoms with van der Waals surface area (Å²) >= 11 is 2.56. The number of hydrogen-bond acceptors (Lipinski definition) is 8. The Kier molecular flexibility index (Phi) is 6.06. The van der Waals surface area contributed by atoms with Gasteiger partial charge in [0.05, 0.1) is 32.0 Å². The number of aromatic nitrogens is 2. The lowest BCUT2D eigenvalue weighted by atomic mass is 10.0. The maximum absolute atomic E-state index is 15.0. The number of benzene rings is 2. The summed E-state index contributed by atoms with van der Waals surface area (Å²) in [5.74, 6) is -1.74. The van der Waals surface area contributed by atoms with E-state index >= 15 is 4.39 Å². The third-order valence-corrected chi connectivity index (χ3v) is 9.03. The summed E-state index contributed by atoms with van der Waals surface area (Å²) < 4.78 is 41.6. The van der Waals surface area contributed by atoms with Crippen LogP contribution in [-0.2, 0) is 19.4 Å². The number of amides is 2. The van der Waals surface area contributed by atoms with Crippen molar-refractivity contribution in [3.05, 3.63) is 46.2 Å². The summed E-state index contributed by atoms with van der Waals surface area (Å²) in [6, 6.07) is 8.48. The molecule has 0 radical (unpaired) electrons. The van der Waals surface area contributed by atoms with E-state index in [9.17, 15) is 18.0 Å². The van der Waals surface area contributed by atoms with E-state index in [0.29, 0.717) is 15.8 Å². The number of rotatable bonds is 7. The van der Waals surface area contributed by atoms with Crippen molar-refractivity contribution < 1.29 is 22.4 Å². The van der Waals surface area contributed by atoms with Gasteiger partial charge in [0, 0.05) is 23.9 Å². The predicted octanol–water partition coefficient (Wildman–Crippen LogP) is 3.50. The predicted molar refractivity (Wildman–Crippen MR) is 135 cm³/mol. The number of thiazole rings is 2. The summed E-state index contributed by atoms with van der Waals surface area (Å²) in [5.41, 5.74) is 1.99. The highest BCUT2D eigenvalue weighted by Crippen LogP contribution is 2.36. The molecule has 1 aliphatic rings. The molecule has 2 heterocycles. The maximum Gasteiger partial charge on any atom is 0.245 e. The van der Waals surface area contributed by atoms with Gasteiger partial charge in [-0.2, -0.15) is 0 Å². The number of carbonyl (C=O) groups is 2. The van der Waals surface area contributed by atoms with Crippen LogP contribution >= 0.6 is 22.7 Å². The fourth-order valence-electron chi connectivity index (χ4n) is 3.77. The first-order chi connectivity index (χ1) is 16.6. The molecule has 1 unspecified atom stereocenters. The Hall–Kier alpha value is -2.96. The van der Waals surface area contributed by atoms with E-state index < -0.39 is 26.8 Å². The summed E-state index contributed by atoms with van der Waals surface area (Å²) in [6.07, 6.45) is 2.73. The molecule has 35 heavy (non-hydrogen) atoms. The standard InChI is InChI=1S/C23H21FN4O4S3/c1-11-26-16-7-12(3-6-18(16)33-11)14-8-19-17(9-15(14)24)28-23(34-19)21(35(2,31)32)22(30)25-10-20(29)27-13-4-5-13/h3,6-9,13,21H,4-5,10H2,1-2H3,(H,25,30)(H,27,29). The molecule has 2 N–H and O–H groups in total. The zero-order chi connectivity index (χ0) is 24.9. The Labute approximate surface area is 208 Å². The SMILES string of the molecule is Cc1nc2cc(-c3cc4sc(C(C(=O)NCC(=O)NC5CC5)S(C)(=O)=O)nc4cc3F)ccc2s1. The number of nitrogens with zero attached hydrogens (tertiary/aromatic N) is 2. The van der Waals surface area contributed by atoms with Gasteiger partial charge in [0.15, 0.2) is 15.1 Å². The van der Waals surface area contributed by atoms with Crippen molar-refractivity contribution in [2.45, 2.75) is 31.1 Å². The molecule has 5 rings (SSSR count). The van der Waals surface area contributed by atoms with Crippen LogP contribution in [0.25, 0.3) is 31.6 Å². The van der Waals surface area contributed by atoms with Crippen LogP contribution in [0.3, 0.4) is 0 Å². The molecule has 2 aromatic heterocycles. The number of hydrogen-bond donors (Lipinski definition) is 2. The summed E-state index contributed by atoms with van der Waals surface area (Å²) in [4.78, 5) is 33.4. The zero-order valence-electron chi connectivity index (χ0n) is 18.8. The zero-order valence-corrected chi connectivity index (χ0v) is 21.2. The minimum atomic E-state index is -3.91. The van der Waals surface area contributed by atoms with Gasteiger partial charge < -0.3 is 10.6 Å². The Morgan fingerprint density at radius 2 is 1.86 bits per heavy atom. The summed E-state index contributed by atoms with van der Waals surface area (Å²) in [5, 5.41) is 4.44. The molecule has 0 aliphatic heterocycles.